The van der Waals surface area contributed by atoms with Crippen LogP contribution in [0, 0.1) is 0 Å². The van der Waals surface area contributed by atoms with E-state index >= 15 is 0 Å². The maximum atomic E-state index is 13.0. The van der Waals surface area contributed by atoms with Crippen LogP contribution in [0.2, 0.25) is 0 Å². The molecule has 0 spiro atoms. The molecule has 7 heteroatoms. The van der Waals surface area contributed by atoms with Gasteiger partial charge in [0.2, 0.25) is 5.75 Å². The number of nitrogens with one attached hydrogen (secondary N) is 1. The fraction of sp³-hybridized carbons (Fsp3) is 0.440. The Balaban J connectivity index is 1.77. The van der Waals surface area contributed by atoms with E-state index in [1.807, 2.05) is 18.2 Å². The summed E-state index contributed by atoms with van der Waals surface area (Å²) in [7, 11) is 3.07. The van der Waals surface area contributed by atoms with Gasteiger partial charge in [0, 0.05) is 17.7 Å². The quantitative estimate of drug-likeness (QED) is 0.649. The fourth-order valence-corrected chi connectivity index (χ4v) is 4.31. The standard InChI is InChI=1S/C25H29NO6/c1-25(2,24(28)31-15-8-5-6-9-15)32-21-17(12-13-20(29-3)22(21)30-4)16-10-7-11-18-19(16)14-26-23(18)27/h7,10-13,15H,5-6,8-9,14H2,1-4H3,(H,26,27). The van der Waals surface area contributed by atoms with E-state index in [0.717, 1.165) is 36.8 Å². The van der Waals surface area contributed by atoms with Crippen molar-refractivity contribution < 1.29 is 28.5 Å². The first kappa shape index (κ1) is 22.0. The first-order valence-electron chi connectivity index (χ1n) is 10.9. The molecule has 0 bridgehead atoms. The van der Waals surface area contributed by atoms with Crippen LogP contribution in [0.5, 0.6) is 17.2 Å². The van der Waals surface area contributed by atoms with Gasteiger partial charge in [-0.3, -0.25) is 4.79 Å². The van der Waals surface area contributed by atoms with Gasteiger partial charge in [0.1, 0.15) is 6.10 Å². The highest BCUT2D eigenvalue weighted by Gasteiger charge is 2.37. The molecule has 0 aromatic heterocycles. The van der Waals surface area contributed by atoms with Crippen LogP contribution in [0.25, 0.3) is 11.1 Å². The smallest absolute Gasteiger partial charge is 0.350 e. The second-order valence-corrected chi connectivity index (χ2v) is 8.62. The molecule has 2 aromatic rings. The van der Waals surface area contributed by atoms with Gasteiger partial charge >= 0.3 is 5.97 Å². The van der Waals surface area contributed by atoms with Crippen molar-refractivity contribution in [3.8, 4) is 28.4 Å². The van der Waals surface area contributed by atoms with Gasteiger partial charge in [0.25, 0.3) is 5.91 Å². The predicted octanol–water partition coefficient (Wildman–Crippen LogP) is 4.26. The van der Waals surface area contributed by atoms with Crippen molar-refractivity contribution in [2.45, 2.75) is 57.8 Å². The molecule has 4 rings (SSSR count). The van der Waals surface area contributed by atoms with E-state index < -0.39 is 11.6 Å². The number of methoxy groups -OCH3 is 2. The van der Waals surface area contributed by atoms with E-state index in [9.17, 15) is 9.59 Å². The van der Waals surface area contributed by atoms with Crippen LogP contribution >= 0.6 is 0 Å². The minimum absolute atomic E-state index is 0.0634. The summed E-state index contributed by atoms with van der Waals surface area (Å²) in [6.45, 7) is 3.80. The molecule has 1 aliphatic heterocycles. The van der Waals surface area contributed by atoms with Crippen molar-refractivity contribution in [2.24, 2.45) is 0 Å². The van der Waals surface area contributed by atoms with Crippen LogP contribution in [0.1, 0.15) is 55.5 Å². The Hall–Kier alpha value is -3.22. The second kappa shape index (κ2) is 8.73. The Morgan fingerprint density at radius 3 is 2.38 bits per heavy atom. The second-order valence-electron chi connectivity index (χ2n) is 8.62. The number of amides is 1. The Kier molecular flexibility index (Phi) is 6.00. The summed E-state index contributed by atoms with van der Waals surface area (Å²) in [6, 6.07) is 9.20. The van der Waals surface area contributed by atoms with Crippen molar-refractivity contribution in [2.75, 3.05) is 14.2 Å². The summed E-state index contributed by atoms with van der Waals surface area (Å²) in [5.41, 5.74) is 1.78. The van der Waals surface area contributed by atoms with Gasteiger partial charge in [-0.05, 0) is 68.9 Å². The fourth-order valence-electron chi connectivity index (χ4n) is 4.31. The zero-order chi connectivity index (χ0) is 22.9. The van der Waals surface area contributed by atoms with Gasteiger partial charge in [-0.15, -0.1) is 0 Å². The summed E-state index contributed by atoms with van der Waals surface area (Å²) < 4.78 is 23.2. The van der Waals surface area contributed by atoms with Crippen LogP contribution in [-0.4, -0.2) is 37.8 Å². The normalized spacial score (nSPS) is 15.8. The van der Waals surface area contributed by atoms with Crippen molar-refractivity contribution in [3.05, 3.63) is 41.5 Å². The number of carbonyl (C=O) groups excluding carboxylic acids is 2. The third-order valence-corrected chi connectivity index (χ3v) is 6.06. The molecule has 1 N–H and O–H groups in total. The zero-order valence-electron chi connectivity index (χ0n) is 18.9. The average Bonchev–Trinajstić information content (AvgIpc) is 3.43. The summed E-state index contributed by atoms with van der Waals surface area (Å²) >= 11 is 0. The predicted molar refractivity (Wildman–Crippen MR) is 119 cm³/mol. The molecule has 2 aliphatic rings. The summed E-state index contributed by atoms with van der Waals surface area (Å²) in [5, 5.41) is 2.86. The summed E-state index contributed by atoms with van der Waals surface area (Å²) in [6.07, 6.45) is 3.84. The molecule has 2 aromatic carbocycles. The SMILES string of the molecule is COc1ccc(-c2cccc3c2CNC3=O)c(OC(C)(C)C(=O)OC2CCCC2)c1OC. The number of hydrogen-bond acceptors (Lipinski definition) is 6. The van der Waals surface area contributed by atoms with Crippen molar-refractivity contribution >= 4 is 11.9 Å². The number of hydrogen-bond donors (Lipinski definition) is 1. The van der Waals surface area contributed by atoms with Crippen LogP contribution in [0.3, 0.4) is 0 Å². The minimum atomic E-state index is -1.26. The lowest BCUT2D eigenvalue weighted by Gasteiger charge is -2.29. The average molecular weight is 440 g/mol. The maximum Gasteiger partial charge on any atom is 0.350 e. The highest BCUT2D eigenvalue weighted by atomic mass is 16.6. The third-order valence-electron chi connectivity index (χ3n) is 6.06. The Morgan fingerprint density at radius 1 is 0.969 bits per heavy atom. The number of ether oxygens (including phenoxy) is 4. The highest BCUT2D eigenvalue weighted by Crippen LogP contribution is 2.47. The molecule has 0 atom stereocenters. The first-order chi connectivity index (χ1) is 15.4. The number of carbonyl (C=O) groups is 2. The third kappa shape index (κ3) is 3.99. The molecule has 1 saturated carbocycles. The highest BCUT2D eigenvalue weighted by molar-refractivity contribution is 6.01. The maximum absolute atomic E-state index is 13.0. The van der Waals surface area contributed by atoms with Gasteiger partial charge in [0.05, 0.1) is 14.2 Å². The topological polar surface area (TPSA) is 83.1 Å². The lowest BCUT2D eigenvalue weighted by Crippen LogP contribution is -2.41. The zero-order valence-corrected chi connectivity index (χ0v) is 18.9. The first-order valence-corrected chi connectivity index (χ1v) is 10.9. The van der Waals surface area contributed by atoms with E-state index in [-0.39, 0.29) is 12.0 Å². The van der Waals surface area contributed by atoms with Gasteiger partial charge in [-0.1, -0.05) is 12.1 Å². The van der Waals surface area contributed by atoms with Gasteiger partial charge in [-0.25, -0.2) is 4.79 Å². The van der Waals surface area contributed by atoms with E-state index in [0.29, 0.717) is 34.9 Å². The molecular formula is C25H29NO6. The molecule has 7 nitrogen and oxygen atoms in total. The van der Waals surface area contributed by atoms with Gasteiger partial charge in [-0.2, -0.15) is 0 Å². The lowest BCUT2D eigenvalue weighted by molar-refractivity contribution is -0.164. The largest absolute Gasteiger partial charge is 0.493 e. The number of esters is 1. The molecule has 1 fully saturated rings. The summed E-state index contributed by atoms with van der Waals surface area (Å²) in [5.74, 6) is 0.697. The van der Waals surface area contributed by atoms with E-state index in [1.54, 1.807) is 33.1 Å². The lowest BCUT2D eigenvalue weighted by atomic mass is 9.95. The van der Waals surface area contributed by atoms with Crippen molar-refractivity contribution in [1.82, 2.24) is 5.32 Å². The molecule has 1 heterocycles. The Labute approximate surface area is 188 Å². The molecule has 0 saturated heterocycles. The number of rotatable bonds is 7. The Morgan fingerprint density at radius 2 is 1.69 bits per heavy atom. The van der Waals surface area contributed by atoms with Crippen LogP contribution in [-0.2, 0) is 16.1 Å². The molecular weight excluding hydrogens is 410 g/mol. The number of benzene rings is 2. The summed E-state index contributed by atoms with van der Waals surface area (Å²) in [4.78, 5) is 25.2. The van der Waals surface area contributed by atoms with Gasteiger partial charge < -0.3 is 24.3 Å². The number of fused-ring (bicyclic) bond motifs is 1. The molecule has 170 valence electrons. The van der Waals surface area contributed by atoms with Crippen molar-refractivity contribution in [3.63, 3.8) is 0 Å². The van der Waals surface area contributed by atoms with Crippen LogP contribution in [0.4, 0.5) is 0 Å². The molecule has 0 unspecified atom stereocenters. The molecule has 32 heavy (non-hydrogen) atoms. The molecule has 1 amide bonds. The van der Waals surface area contributed by atoms with E-state index in [4.69, 9.17) is 18.9 Å². The van der Waals surface area contributed by atoms with Crippen molar-refractivity contribution in [1.29, 1.82) is 0 Å². The molecule has 0 radical (unpaired) electrons. The monoisotopic (exact) mass is 439 g/mol. The van der Waals surface area contributed by atoms with Gasteiger partial charge in [0.15, 0.2) is 17.1 Å². The van der Waals surface area contributed by atoms with Crippen LogP contribution in [0.15, 0.2) is 30.3 Å². The van der Waals surface area contributed by atoms with E-state index in [1.165, 1.54) is 7.11 Å². The van der Waals surface area contributed by atoms with Crippen LogP contribution < -0.4 is 19.5 Å². The molecule has 1 aliphatic carbocycles. The Bertz CT molecular complexity index is 1040. The van der Waals surface area contributed by atoms with E-state index in [2.05, 4.69) is 5.32 Å². The minimum Gasteiger partial charge on any atom is -0.493 e.